The summed E-state index contributed by atoms with van der Waals surface area (Å²) in [4.78, 5) is 28.1. The van der Waals surface area contributed by atoms with Gasteiger partial charge < -0.3 is 19.3 Å². The predicted octanol–water partition coefficient (Wildman–Crippen LogP) is 5.30. The van der Waals surface area contributed by atoms with Gasteiger partial charge in [0.1, 0.15) is 23.0 Å². The molecule has 1 fully saturated rings. The first-order chi connectivity index (χ1) is 16.8. The van der Waals surface area contributed by atoms with Crippen molar-refractivity contribution in [1.29, 1.82) is 0 Å². The lowest BCUT2D eigenvalue weighted by molar-refractivity contribution is -0.132. The molecule has 7 nitrogen and oxygen atoms in total. The number of aliphatic hydroxyl groups excluding tert-OH is 1. The fourth-order valence-electron chi connectivity index (χ4n) is 4.17. The molecule has 0 radical (unpaired) electrons. The normalized spacial score (nSPS) is 16.9. The molecule has 1 N–H and O–H groups in total. The zero-order valence-electron chi connectivity index (χ0n) is 19.7. The number of nitrogens with zero attached hydrogens (tertiary/aromatic N) is 1. The molecule has 3 aromatic rings. The van der Waals surface area contributed by atoms with Gasteiger partial charge in [0, 0.05) is 11.8 Å². The molecule has 0 saturated carbocycles. The van der Waals surface area contributed by atoms with Crippen molar-refractivity contribution in [1.82, 2.24) is 0 Å². The van der Waals surface area contributed by atoms with Gasteiger partial charge in [0.15, 0.2) is 0 Å². The molecule has 8 heteroatoms. The van der Waals surface area contributed by atoms with Crippen molar-refractivity contribution in [2.75, 3.05) is 26.2 Å². The van der Waals surface area contributed by atoms with E-state index in [1.54, 1.807) is 43.5 Å². The number of rotatable bonds is 6. The van der Waals surface area contributed by atoms with Gasteiger partial charge in [0.05, 0.1) is 43.5 Å². The Kier molecular flexibility index (Phi) is 6.71. The van der Waals surface area contributed by atoms with E-state index in [0.29, 0.717) is 22.7 Å². The lowest BCUT2D eigenvalue weighted by atomic mass is 9.94. The van der Waals surface area contributed by atoms with Gasteiger partial charge in [-0.15, -0.1) is 0 Å². The molecule has 1 atom stereocenters. The van der Waals surface area contributed by atoms with Crippen LogP contribution in [0.25, 0.3) is 5.76 Å². The van der Waals surface area contributed by atoms with Crippen LogP contribution in [0.1, 0.15) is 22.7 Å². The van der Waals surface area contributed by atoms with E-state index >= 15 is 0 Å². The van der Waals surface area contributed by atoms with E-state index in [2.05, 4.69) is 0 Å². The van der Waals surface area contributed by atoms with E-state index in [0.717, 1.165) is 5.56 Å². The summed E-state index contributed by atoms with van der Waals surface area (Å²) in [6.45, 7) is 1.90. The van der Waals surface area contributed by atoms with Crippen LogP contribution in [0.3, 0.4) is 0 Å². The maximum absolute atomic E-state index is 13.4. The van der Waals surface area contributed by atoms with Crippen molar-refractivity contribution in [3.05, 3.63) is 87.9 Å². The number of methoxy groups -OCH3 is 3. The summed E-state index contributed by atoms with van der Waals surface area (Å²) in [5.41, 5.74) is 2.15. The minimum absolute atomic E-state index is 0.0822. The van der Waals surface area contributed by atoms with Gasteiger partial charge in [-0.1, -0.05) is 35.9 Å². The molecule has 1 heterocycles. The highest BCUT2D eigenvalue weighted by atomic mass is 35.5. The van der Waals surface area contributed by atoms with Gasteiger partial charge in [-0.2, -0.15) is 0 Å². The summed E-state index contributed by atoms with van der Waals surface area (Å²) >= 11 is 6.31. The lowest BCUT2D eigenvalue weighted by Gasteiger charge is -2.26. The molecule has 0 aliphatic carbocycles. The summed E-state index contributed by atoms with van der Waals surface area (Å²) in [5.74, 6) is -0.785. The molecule has 4 rings (SSSR count). The number of hydrogen-bond acceptors (Lipinski definition) is 6. The predicted molar refractivity (Wildman–Crippen MR) is 134 cm³/mol. The summed E-state index contributed by atoms with van der Waals surface area (Å²) in [5, 5.41) is 11.6. The number of halogens is 1. The van der Waals surface area contributed by atoms with E-state index in [9.17, 15) is 14.7 Å². The first-order valence-electron chi connectivity index (χ1n) is 10.7. The number of amides is 1. The fraction of sp³-hybridized carbons (Fsp3) is 0.185. The number of carbonyl (C=O) groups is 2. The number of anilines is 1. The van der Waals surface area contributed by atoms with E-state index in [1.165, 1.54) is 31.3 Å². The van der Waals surface area contributed by atoms with Crippen LogP contribution in [-0.2, 0) is 9.59 Å². The number of benzene rings is 3. The van der Waals surface area contributed by atoms with Gasteiger partial charge in [-0.05, 0) is 48.4 Å². The van der Waals surface area contributed by atoms with Crippen molar-refractivity contribution in [2.45, 2.75) is 13.0 Å². The zero-order chi connectivity index (χ0) is 25.3. The highest BCUT2D eigenvalue weighted by Crippen LogP contribution is 2.45. The molecular weight excluding hydrogens is 470 g/mol. The summed E-state index contributed by atoms with van der Waals surface area (Å²) < 4.78 is 15.9. The summed E-state index contributed by atoms with van der Waals surface area (Å²) in [6, 6.07) is 16.3. The van der Waals surface area contributed by atoms with Crippen LogP contribution in [-0.4, -0.2) is 38.1 Å². The maximum atomic E-state index is 13.4. The molecule has 180 valence electrons. The topological polar surface area (TPSA) is 85.3 Å². The first-order valence-corrected chi connectivity index (χ1v) is 11.1. The second-order valence-electron chi connectivity index (χ2n) is 7.97. The Morgan fingerprint density at radius 2 is 1.60 bits per heavy atom. The van der Waals surface area contributed by atoms with E-state index in [-0.39, 0.29) is 21.9 Å². The Morgan fingerprint density at radius 1 is 0.914 bits per heavy atom. The standard InChI is InChI=1S/C27H24ClNO6/c1-15-6-5-7-17(12-15)29-24(16-8-10-18(33-2)11-9-16)23(26(31)27(29)32)25(30)19-13-20(28)22(35-4)14-21(19)34-3/h5-14,24,30H,1-4H3/b25-23+. The zero-order valence-corrected chi connectivity index (χ0v) is 20.4. The Hall–Kier alpha value is -3.97. The third kappa shape index (κ3) is 4.31. The van der Waals surface area contributed by atoms with Gasteiger partial charge in [-0.25, -0.2) is 0 Å². The van der Waals surface area contributed by atoms with Crippen LogP contribution in [0.5, 0.6) is 17.2 Å². The Morgan fingerprint density at radius 3 is 2.20 bits per heavy atom. The molecule has 1 amide bonds. The second kappa shape index (κ2) is 9.72. The highest BCUT2D eigenvalue weighted by Gasteiger charge is 2.47. The molecule has 1 saturated heterocycles. The third-order valence-corrected chi connectivity index (χ3v) is 6.18. The number of ketones is 1. The average Bonchev–Trinajstić information content (AvgIpc) is 3.13. The van der Waals surface area contributed by atoms with Crippen molar-refractivity contribution in [3.63, 3.8) is 0 Å². The maximum Gasteiger partial charge on any atom is 0.300 e. The molecule has 1 aliphatic rings. The Labute approximate surface area is 208 Å². The van der Waals surface area contributed by atoms with Gasteiger partial charge in [0.25, 0.3) is 11.7 Å². The van der Waals surface area contributed by atoms with Gasteiger partial charge in [0.2, 0.25) is 0 Å². The minimum atomic E-state index is -0.895. The van der Waals surface area contributed by atoms with Crippen molar-refractivity contribution in [2.24, 2.45) is 0 Å². The monoisotopic (exact) mass is 493 g/mol. The van der Waals surface area contributed by atoms with Gasteiger partial charge >= 0.3 is 0 Å². The van der Waals surface area contributed by atoms with Crippen LogP contribution in [0.4, 0.5) is 5.69 Å². The van der Waals surface area contributed by atoms with Crippen LogP contribution < -0.4 is 19.1 Å². The Balaban J connectivity index is 1.98. The van der Waals surface area contributed by atoms with Crippen LogP contribution in [0, 0.1) is 6.92 Å². The average molecular weight is 494 g/mol. The smallest absolute Gasteiger partial charge is 0.300 e. The number of aryl methyl sites for hydroxylation is 1. The minimum Gasteiger partial charge on any atom is -0.507 e. The number of Topliss-reactive ketones (excluding diaryl/α,β-unsaturated/α-hetero) is 1. The van der Waals surface area contributed by atoms with E-state index in [1.807, 2.05) is 19.1 Å². The summed E-state index contributed by atoms with van der Waals surface area (Å²) in [6.07, 6.45) is 0. The number of carbonyl (C=O) groups excluding carboxylic acids is 2. The molecule has 1 unspecified atom stereocenters. The lowest BCUT2D eigenvalue weighted by Crippen LogP contribution is -2.29. The van der Waals surface area contributed by atoms with Gasteiger partial charge in [-0.3, -0.25) is 14.5 Å². The molecule has 3 aromatic carbocycles. The SMILES string of the molecule is COc1ccc(C2/C(=C(\O)c3cc(Cl)c(OC)cc3OC)C(=O)C(=O)N2c2cccc(C)c2)cc1. The number of hydrogen-bond donors (Lipinski definition) is 1. The third-order valence-electron chi connectivity index (χ3n) is 5.88. The molecular formula is C27H24ClNO6. The van der Waals surface area contributed by atoms with Crippen LogP contribution in [0.2, 0.25) is 5.02 Å². The second-order valence-corrected chi connectivity index (χ2v) is 8.38. The van der Waals surface area contributed by atoms with E-state index in [4.69, 9.17) is 25.8 Å². The molecule has 1 aliphatic heterocycles. The first kappa shape index (κ1) is 24.2. The van der Waals surface area contributed by atoms with Crippen molar-refractivity contribution >= 4 is 34.7 Å². The van der Waals surface area contributed by atoms with Crippen molar-refractivity contribution < 1.29 is 28.9 Å². The number of aliphatic hydroxyl groups is 1. The largest absolute Gasteiger partial charge is 0.507 e. The summed E-state index contributed by atoms with van der Waals surface area (Å²) in [7, 11) is 4.43. The molecule has 0 bridgehead atoms. The fourth-order valence-corrected chi connectivity index (χ4v) is 4.41. The Bertz CT molecular complexity index is 1330. The van der Waals surface area contributed by atoms with Crippen molar-refractivity contribution in [3.8, 4) is 17.2 Å². The highest BCUT2D eigenvalue weighted by molar-refractivity contribution is 6.51. The number of ether oxygens (including phenoxy) is 3. The molecule has 0 spiro atoms. The van der Waals surface area contributed by atoms with E-state index < -0.39 is 23.5 Å². The van der Waals surface area contributed by atoms with Crippen LogP contribution in [0.15, 0.2) is 66.2 Å². The quantitative estimate of drug-likeness (QED) is 0.285. The molecule has 0 aromatic heterocycles. The molecule has 35 heavy (non-hydrogen) atoms. The van der Waals surface area contributed by atoms with Crippen LogP contribution >= 0.6 is 11.6 Å².